The summed E-state index contributed by atoms with van der Waals surface area (Å²) in [4.78, 5) is 3.80. The van der Waals surface area contributed by atoms with E-state index >= 15 is 0 Å². The Hall–Kier alpha value is -1.85. The maximum Gasteiger partial charge on any atom is 0.419 e. The first kappa shape index (κ1) is 14.1. The first-order chi connectivity index (χ1) is 9.67. The normalized spacial score (nSPS) is 17.4. The summed E-state index contributed by atoms with van der Waals surface area (Å²) in [6.45, 7) is 4.05. The van der Waals surface area contributed by atoms with Crippen LogP contribution in [0.5, 0.6) is 0 Å². The summed E-state index contributed by atoms with van der Waals surface area (Å²) in [5.74, 6) is -1.33. The number of anilines is 1. The molecule has 112 valence electrons. The number of hydrogen-bond acceptors (Lipinski definition) is 2. The summed E-state index contributed by atoms with van der Waals surface area (Å²) in [5.41, 5.74) is 0.326. The lowest BCUT2D eigenvalue weighted by atomic mass is 9.88. The van der Waals surface area contributed by atoms with Gasteiger partial charge in [-0.2, -0.15) is 13.2 Å². The largest absolute Gasteiger partial charge is 0.419 e. The molecule has 0 amide bonds. The fraction of sp³-hybridized carbons (Fsp3) is 0.400. The summed E-state index contributed by atoms with van der Waals surface area (Å²) in [6, 6.07) is 2.98. The minimum Gasteiger partial charge on any atom is -0.380 e. The third kappa shape index (κ3) is 2.43. The number of nitrogens with zero attached hydrogens (tertiary/aromatic N) is 1. The second-order valence-electron chi connectivity index (χ2n) is 6.01. The van der Waals surface area contributed by atoms with E-state index in [0.717, 1.165) is 17.7 Å². The molecule has 21 heavy (non-hydrogen) atoms. The number of aromatic nitrogens is 1. The van der Waals surface area contributed by atoms with Gasteiger partial charge in [0.25, 0.3) is 0 Å². The van der Waals surface area contributed by atoms with Crippen LogP contribution in [0.2, 0.25) is 0 Å². The van der Waals surface area contributed by atoms with Crippen molar-refractivity contribution in [1.82, 2.24) is 4.98 Å². The predicted molar refractivity (Wildman–Crippen MR) is 72.7 cm³/mol. The Bertz CT molecular complexity index is 720. The molecule has 1 aliphatic rings. The van der Waals surface area contributed by atoms with E-state index in [2.05, 4.69) is 10.3 Å². The second-order valence-corrected chi connectivity index (χ2v) is 6.01. The van der Waals surface area contributed by atoms with Gasteiger partial charge in [-0.25, -0.2) is 4.39 Å². The second kappa shape index (κ2) is 4.32. The summed E-state index contributed by atoms with van der Waals surface area (Å²) in [6.07, 6.45) is -2.65. The Morgan fingerprint density at radius 1 is 1.24 bits per heavy atom. The topological polar surface area (TPSA) is 24.9 Å². The third-order valence-corrected chi connectivity index (χ3v) is 3.82. The van der Waals surface area contributed by atoms with Crippen molar-refractivity contribution in [2.24, 2.45) is 0 Å². The molecule has 1 aromatic heterocycles. The molecular formula is C15H14F4N2. The van der Waals surface area contributed by atoms with Crippen molar-refractivity contribution in [3.05, 3.63) is 35.3 Å². The van der Waals surface area contributed by atoms with E-state index in [0.29, 0.717) is 12.6 Å². The Kier molecular flexibility index (Phi) is 2.90. The average Bonchev–Trinajstić information content (AvgIpc) is 2.34. The lowest BCUT2D eigenvalue weighted by Gasteiger charge is -2.34. The Morgan fingerprint density at radius 3 is 2.62 bits per heavy atom. The standard InChI is InChI=1S/C15H14F4N2/c1-14(2)4-3-8-5-9-12(6-11(8)21-14)20-7-10(16)13(9)15(17,18)19/h5-7,21H,3-4H2,1-2H3. The highest BCUT2D eigenvalue weighted by Gasteiger charge is 2.37. The number of hydrogen-bond donors (Lipinski definition) is 1. The van der Waals surface area contributed by atoms with Gasteiger partial charge in [-0.1, -0.05) is 0 Å². The number of rotatable bonds is 0. The van der Waals surface area contributed by atoms with Gasteiger partial charge in [0.05, 0.1) is 11.7 Å². The molecule has 0 atom stereocenters. The quantitative estimate of drug-likeness (QED) is 0.723. The lowest BCUT2D eigenvalue weighted by Crippen LogP contribution is -2.35. The highest BCUT2D eigenvalue weighted by molar-refractivity contribution is 5.87. The van der Waals surface area contributed by atoms with Gasteiger partial charge >= 0.3 is 6.18 Å². The molecule has 0 saturated carbocycles. The Labute approximate surface area is 119 Å². The zero-order chi connectivity index (χ0) is 15.4. The molecule has 2 heterocycles. The van der Waals surface area contributed by atoms with E-state index in [1.54, 1.807) is 6.07 Å². The fourth-order valence-corrected chi connectivity index (χ4v) is 2.75. The lowest BCUT2D eigenvalue weighted by molar-refractivity contribution is -0.138. The average molecular weight is 298 g/mol. The zero-order valence-corrected chi connectivity index (χ0v) is 11.6. The predicted octanol–water partition coefficient (Wildman–Crippen LogP) is 4.53. The van der Waals surface area contributed by atoms with Crippen LogP contribution in [0.4, 0.5) is 23.2 Å². The Balaban J connectivity index is 2.26. The van der Waals surface area contributed by atoms with Gasteiger partial charge in [-0.05, 0) is 44.4 Å². The van der Waals surface area contributed by atoms with Crippen LogP contribution < -0.4 is 5.32 Å². The van der Waals surface area contributed by atoms with E-state index < -0.39 is 17.6 Å². The number of benzene rings is 1. The van der Waals surface area contributed by atoms with Crippen LogP contribution in [0, 0.1) is 5.82 Å². The summed E-state index contributed by atoms with van der Waals surface area (Å²) in [5, 5.41) is 3.11. The van der Waals surface area contributed by atoms with Crippen LogP contribution in [0.25, 0.3) is 10.9 Å². The van der Waals surface area contributed by atoms with E-state index in [-0.39, 0.29) is 16.4 Å². The SMILES string of the molecule is CC1(C)CCc2cc3c(C(F)(F)F)c(F)cnc3cc2N1. The summed E-state index contributed by atoms with van der Waals surface area (Å²) in [7, 11) is 0. The molecule has 0 unspecified atom stereocenters. The van der Waals surface area contributed by atoms with E-state index in [4.69, 9.17) is 0 Å². The molecule has 1 aliphatic heterocycles. The molecule has 0 spiro atoms. The number of nitrogens with one attached hydrogen (secondary N) is 1. The first-order valence-electron chi connectivity index (χ1n) is 6.64. The number of alkyl halides is 3. The maximum absolute atomic E-state index is 13.6. The molecule has 0 saturated heterocycles. The number of pyridine rings is 1. The van der Waals surface area contributed by atoms with Gasteiger partial charge in [0.2, 0.25) is 0 Å². The van der Waals surface area contributed by atoms with Gasteiger partial charge in [-0.15, -0.1) is 0 Å². The summed E-state index contributed by atoms with van der Waals surface area (Å²) >= 11 is 0. The van der Waals surface area contributed by atoms with Crippen LogP contribution in [-0.2, 0) is 12.6 Å². The molecular weight excluding hydrogens is 284 g/mol. The fourth-order valence-electron chi connectivity index (χ4n) is 2.75. The molecule has 0 bridgehead atoms. The molecule has 6 heteroatoms. The van der Waals surface area contributed by atoms with Crippen molar-refractivity contribution < 1.29 is 17.6 Å². The van der Waals surface area contributed by atoms with Crippen molar-refractivity contribution in [3.63, 3.8) is 0 Å². The third-order valence-electron chi connectivity index (χ3n) is 3.82. The van der Waals surface area contributed by atoms with Crippen molar-refractivity contribution in [2.45, 2.75) is 38.4 Å². The number of halogens is 4. The molecule has 3 rings (SSSR count). The highest BCUT2D eigenvalue weighted by Crippen LogP contribution is 2.39. The Morgan fingerprint density at radius 2 is 1.95 bits per heavy atom. The van der Waals surface area contributed by atoms with E-state index in [1.165, 1.54) is 6.07 Å². The number of aryl methyl sites for hydroxylation is 1. The van der Waals surface area contributed by atoms with Crippen LogP contribution in [-0.4, -0.2) is 10.5 Å². The molecule has 1 N–H and O–H groups in total. The first-order valence-corrected chi connectivity index (χ1v) is 6.64. The molecule has 0 aliphatic carbocycles. The monoisotopic (exact) mass is 298 g/mol. The minimum absolute atomic E-state index is 0.117. The summed E-state index contributed by atoms with van der Waals surface area (Å²) < 4.78 is 52.7. The van der Waals surface area contributed by atoms with E-state index in [1.807, 2.05) is 13.8 Å². The van der Waals surface area contributed by atoms with Crippen molar-refractivity contribution in [1.29, 1.82) is 0 Å². The van der Waals surface area contributed by atoms with Crippen LogP contribution in [0.15, 0.2) is 18.3 Å². The highest BCUT2D eigenvalue weighted by atomic mass is 19.4. The van der Waals surface area contributed by atoms with Crippen molar-refractivity contribution in [3.8, 4) is 0 Å². The van der Waals surface area contributed by atoms with Crippen LogP contribution in [0.3, 0.4) is 0 Å². The van der Waals surface area contributed by atoms with Gasteiger partial charge in [0.1, 0.15) is 5.56 Å². The van der Waals surface area contributed by atoms with Crippen molar-refractivity contribution >= 4 is 16.6 Å². The smallest absolute Gasteiger partial charge is 0.380 e. The van der Waals surface area contributed by atoms with Crippen LogP contribution in [0.1, 0.15) is 31.4 Å². The molecule has 0 fully saturated rings. The van der Waals surface area contributed by atoms with Crippen molar-refractivity contribution in [2.75, 3.05) is 5.32 Å². The van der Waals surface area contributed by atoms with Crippen LogP contribution >= 0.6 is 0 Å². The number of fused-ring (bicyclic) bond motifs is 2. The molecule has 0 radical (unpaired) electrons. The molecule has 2 aromatic rings. The minimum atomic E-state index is -4.74. The van der Waals surface area contributed by atoms with Gasteiger partial charge in [-0.3, -0.25) is 4.98 Å². The zero-order valence-electron chi connectivity index (χ0n) is 11.6. The van der Waals surface area contributed by atoms with Gasteiger partial charge in [0, 0.05) is 16.6 Å². The van der Waals surface area contributed by atoms with E-state index in [9.17, 15) is 17.6 Å². The van der Waals surface area contributed by atoms with Gasteiger partial charge in [0.15, 0.2) is 5.82 Å². The molecule has 2 nitrogen and oxygen atoms in total. The molecule has 1 aromatic carbocycles. The maximum atomic E-state index is 13.6. The van der Waals surface area contributed by atoms with Gasteiger partial charge < -0.3 is 5.32 Å².